The molecule has 15 atom stereocenters. The van der Waals surface area contributed by atoms with E-state index in [-0.39, 0.29) is 190 Å². The third kappa shape index (κ3) is 33.0. The molecular formula is C64H112N14O32. The van der Waals surface area contributed by atoms with Gasteiger partial charge in [-0.25, -0.2) is 9.36 Å². The van der Waals surface area contributed by atoms with Crippen LogP contribution in [0.2, 0.25) is 0 Å². The molecule has 0 radical (unpaired) electrons. The van der Waals surface area contributed by atoms with Gasteiger partial charge in [0.2, 0.25) is 11.8 Å². The summed E-state index contributed by atoms with van der Waals surface area (Å²) in [6.07, 6.45) is -14.0. The normalized spacial score (nSPS) is 26.5. The number of carbonyl (C=O) groups excluding carboxylic acids is 2. The minimum atomic E-state index is -1.57. The molecule has 0 spiro atoms. The smallest absolute Gasteiger partial charge is 0.317 e. The Bertz CT molecular complexity index is 2910. The average Bonchev–Trinajstić information content (AvgIpc) is 1.51. The third-order valence-corrected chi connectivity index (χ3v) is 17.5. The van der Waals surface area contributed by atoms with Gasteiger partial charge < -0.3 is 153 Å². The zero-order valence-corrected chi connectivity index (χ0v) is 61.4. The van der Waals surface area contributed by atoms with Crippen molar-refractivity contribution in [1.29, 1.82) is 0 Å². The van der Waals surface area contributed by atoms with E-state index in [1.54, 1.807) is 42.8 Å². The fourth-order valence-electron chi connectivity index (χ4n) is 11.5. The lowest BCUT2D eigenvalue weighted by Crippen LogP contribution is -2.59. The van der Waals surface area contributed by atoms with Gasteiger partial charge in [0, 0.05) is 58.4 Å². The van der Waals surface area contributed by atoms with Crippen molar-refractivity contribution in [2.24, 2.45) is 0 Å². The van der Waals surface area contributed by atoms with Crippen molar-refractivity contribution in [1.82, 2.24) is 71.3 Å². The molecule has 0 aromatic carbocycles. The minimum absolute atomic E-state index is 0.0161. The highest BCUT2D eigenvalue weighted by atomic mass is 16.7. The summed E-state index contributed by atoms with van der Waals surface area (Å²) in [5.74, 6) is -2.88. The second-order valence-electron chi connectivity index (χ2n) is 26.3. The number of aliphatic hydroxyl groups is 11. The van der Waals surface area contributed by atoms with Crippen molar-refractivity contribution in [3.05, 3.63) is 35.7 Å². The zero-order valence-electron chi connectivity index (χ0n) is 61.4. The van der Waals surface area contributed by atoms with Crippen LogP contribution in [-0.4, -0.2) is 449 Å². The molecular weight excluding hydrogens is 1480 g/mol. The Labute approximate surface area is 633 Å². The van der Waals surface area contributed by atoms with Gasteiger partial charge in [0.15, 0.2) is 18.9 Å². The van der Waals surface area contributed by atoms with Crippen LogP contribution >= 0.6 is 0 Å². The lowest BCUT2D eigenvalue weighted by atomic mass is 9.99. The van der Waals surface area contributed by atoms with Gasteiger partial charge in [-0.15, -0.1) is 15.7 Å². The molecule has 2 amide bonds. The maximum atomic E-state index is 14.3. The number of hydrogen-bond acceptors (Lipinski definition) is 40. The Morgan fingerprint density at radius 2 is 0.909 bits per heavy atom. The van der Waals surface area contributed by atoms with Gasteiger partial charge >= 0.3 is 11.9 Å². The van der Waals surface area contributed by atoms with E-state index in [4.69, 9.17) is 71.1 Å². The molecule has 5 aliphatic heterocycles. The number of hydrogen-bond donors (Lipinski definition) is 17. The molecule has 0 bridgehead atoms. The first kappa shape index (κ1) is 91.5. The predicted molar refractivity (Wildman–Crippen MR) is 367 cm³/mol. The number of carboxylic acid groups (broad SMARTS) is 2. The maximum Gasteiger partial charge on any atom is 0.317 e. The van der Waals surface area contributed by atoms with Gasteiger partial charge in [0.1, 0.15) is 84.1 Å². The van der Waals surface area contributed by atoms with Crippen LogP contribution in [0.1, 0.15) is 24.2 Å². The van der Waals surface area contributed by atoms with Gasteiger partial charge in [0.25, 0.3) is 0 Å². The van der Waals surface area contributed by atoms with Crippen molar-refractivity contribution >= 4 is 23.8 Å². The molecule has 4 saturated heterocycles. The topological polar surface area (TPSA) is 592 Å². The molecule has 1 unspecified atom stereocenters. The van der Waals surface area contributed by atoms with Gasteiger partial charge in [0.05, 0.1) is 216 Å². The summed E-state index contributed by atoms with van der Waals surface area (Å²) in [5.41, 5.74) is 6.10. The van der Waals surface area contributed by atoms with E-state index in [0.717, 1.165) is 0 Å². The Hall–Kier alpha value is -5.70. The molecule has 110 heavy (non-hydrogen) atoms. The molecule has 630 valence electrons. The van der Waals surface area contributed by atoms with E-state index in [9.17, 15) is 85.6 Å². The number of aliphatic carboxylic acids is 2. The number of nitrogens with zero attached hydrogens (tertiary/aromatic N) is 10. The van der Waals surface area contributed by atoms with Crippen LogP contribution in [0.25, 0.3) is 0 Å². The van der Waals surface area contributed by atoms with Crippen LogP contribution in [0.15, 0.2) is 24.3 Å². The molecule has 7 heterocycles. The molecule has 17 N–H and O–H groups in total. The number of aromatic nitrogens is 6. The maximum absolute atomic E-state index is 14.3. The van der Waals surface area contributed by atoms with Gasteiger partial charge in [-0.3, -0.25) is 38.9 Å². The molecule has 46 nitrogen and oxygen atoms in total. The molecule has 0 saturated carbocycles. The number of ether oxygens (including phenoxy) is 15. The van der Waals surface area contributed by atoms with E-state index < -0.39 is 123 Å². The SMILES string of the molecule is O=C(O)CN1CCN(CC(=O)O)CCN(CC(=O)NCCCC(=O)NC(COCC2=CN(CCOCCOCCO[C@@H]3O[C@H](CO)[C@H](O)[C@H](O)[C@H]3O)NN2)(COCc2cn(CCOCCOCCO[C@@H]3O[C@H](CO)[C@H](O)[C@H](O)[C@H]3O)nn2)COCc2cn(CCOCCOCCO[C@@H]3OC[C@H](O)[C@H](O)[C@H]3O)nn2)CC1. The number of aliphatic hydroxyl groups excluding tert-OH is 11. The lowest BCUT2D eigenvalue weighted by molar-refractivity contribution is -0.302. The van der Waals surface area contributed by atoms with Gasteiger partial charge in [-0.1, -0.05) is 10.4 Å². The number of nitrogens with one attached hydrogen (secondary N) is 4. The monoisotopic (exact) mass is 1590 g/mol. The summed E-state index contributed by atoms with van der Waals surface area (Å²) < 4.78 is 88.2. The van der Waals surface area contributed by atoms with E-state index >= 15 is 0 Å². The zero-order chi connectivity index (χ0) is 79.1. The fraction of sp³-hybridized carbons (Fsp3) is 0.844. The molecule has 2 aromatic rings. The Morgan fingerprint density at radius 3 is 1.37 bits per heavy atom. The first-order chi connectivity index (χ1) is 53.1. The van der Waals surface area contributed by atoms with Crippen LogP contribution < -0.4 is 21.6 Å². The number of hydrazine groups is 2. The summed E-state index contributed by atoms with van der Waals surface area (Å²) in [7, 11) is 0. The fourth-order valence-corrected chi connectivity index (χ4v) is 11.5. The van der Waals surface area contributed by atoms with E-state index in [1.165, 1.54) is 0 Å². The first-order valence-corrected chi connectivity index (χ1v) is 36.4. The summed E-state index contributed by atoms with van der Waals surface area (Å²) in [6.45, 7) is 2.58. The molecule has 5 aliphatic rings. The van der Waals surface area contributed by atoms with Crippen molar-refractivity contribution in [2.75, 3.05) is 217 Å². The highest BCUT2D eigenvalue weighted by molar-refractivity contribution is 5.79. The number of amides is 2. The minimum Gasteiger partial charge on any atom is -0.480 e. The van der Waals surface area contributed by atoms with Crippen molar-refractivity contribution in [3.8, 4) is 0 Å². The Balaban J connectivity index is 0.927. The molecule has 7 rings (SSSR count). The van der Waals surface area contributed by atoms with Crippen molar-refractivity contribution in [3.63, 3.8) is 0 Å². The standard InChI is InChI=1S/C64H112N14O32/c79-34-47-54(89)56(91)59(94)62(109-47)106-26-23-100-20-17-97-14-11-77-29-44(68-71-77)37-103-41-64(40-102-36-43-28-76(70-67-43)10-13-96-16-19-99-22-25-105-61-58(93)53(88)46(81)39-108-61,66-49(82)2-1-3-65-50(83)31-73-4-6-74(32-51(84)85)8-9-75(7-5-73)33-52(86)87)42-104-38-45-30-78(72-69-45)12-15-98-18-21-101-24-27-107-63-60(95)57(92)55(90)48(35-80)110-63/h28-30,46-48,53-63,68,71,79-81,88-95H,1-27,31-42H2,(H,65,83)(H,66,82)(H,84,85)(H,86,87)/t46-,47+,48+,53-,54-,55-,56-,57-,58+,59+,60+,61+,62+,63+,64?/m0/s1. The second kappa shape index (κ2) is 50.5. The van der Waals surface area contributed by atoms with Crippen LogP contribution in [0.5, 0.6) is 0 Å². The Kier molecular flexibility index (Phi) is 42.0. The van der Waals surface area contributed by atoms with Crippen molar-refractivity contribution < 1.29 is 157 Å². The van der Waals surface area contributed by atoms with E-state index in [0.29, 0.717) is 76.0 Å². The number of rotatable bonds is 55. The number of carboxylic acids is 2. The molecule has 46 heteroatoms. The summed E-state index contributed by atoms with van der Waals surface area (Å²) in [4.78, 5) is 56.1. The van der Waals surface area contributed by atoms with E-state index in [1.807, 2.05) is 4.90 Å². The molecule has 2 aromatic heterocycles. The molecule has 4 fully saturated rings. The van der Waals surface area contributed by atoms with E-state index in [2.05, 4.69) is 42.2 Å². The summed E-state index contributed by atoms with van der Waals surface area (Å²) >= 11 is 0. The highest BCUT2D eigenvalue weighted by Gasteiger charge is 2.46. The largest absolute Gasteiger partial charge is 0.480 e. The van der Waals surface area contributed by atoms with Crippen LogP contribution in [0.3, 0.4) is 0 Å². The Morgan fingerprint density at radius 1 is 0.491 bits per heavy atom. The summed E-state index contributed by atoms with van der Waals surface area (Å²) in [6, 6.07) is 0. The van der Waals surface area contributed by atoms with Crippen LogP contribution in [0.4, 0.5) is 0 Å². The quantitative estimate of drug-likeness (QED) is 0.0274. The summed E-state index contributed by atoms with van der Waals surface area (Å²) in [5, 5.41) is 152. The van der Waals surface area contributed by atoms with Crippen LogP contribution in [0, 0.1) is 0 Å². The highest BCUT2D eigenvalue weighted by Crippen LogP contribution is 2.24. The van der Waals surface area contributed by atoms with Crippen molar-refractivity contribution in [2.45, 2.75) is 131 Å². The molecule has 0 aliphatic carbocycles. The third-order valence-electron chi connectivity index (χ3n) is 17.5. The van der Waals surface area contributed by atoms with Crippen LogP contribution in [-0.2, 0) is 117 Å². The average molecular weight is 1590 g/mol. The second-order valence-corrected chi connectivity index (χ2v) is 26.3. The lowest BCUT2D eigenvalue weighted by Gasteiger charge is -2.39. The van der Waals surface area contributed by atoms with Gasteiger partial charge in [-0.05, 0) is 6.42 Å². The van der Waals surface area contributed by atoms with Gasteiger partial charge in [-0.2, -0.15) is 0 Å². The number of carbonyl (C=O) groups is 4. The predicted octanol–water partition coefficient (Wildman–Crippen LogP) is -11.2. The first-order valence-electron chi connectivity index (χ1n) is 36.4.